The van der Waals surface area contributed by atoms with Gasteiger partial charge in [-0.2, -0.15) is 0 Å². The van der Waals surface area contributed by atoms with Crippen LogP contribution in [0.15, 0.2) is 24.5 Å². The molecule has 1 atom stereocenters. The van der Waals surface area contributed by atoms with Crippen LogP contribution in [0.5, 0.6) is 0 Å². The number of hydrogen-bond donors (Lipinski definition) is 2. The molecule has 0 aliphatic carbocycles. The highest BCUT2D eigenvalue weighted by atomic mass is 32.2. The summed E-state index contributed by atoms with van der Waals surface area (Å²) >= 11 is 0. The number of rotatable bonds is 6. The quantitative estimate of drug-likeness (QED) is 0.734. The third-order valence-electron chi connectivity index (χ3n) is 2.06. The number of aliphatic hydroxyl groups excluding tert-OH is 1. The molecule has 0 saturated heterocycles. The van der Waals surface area contributed by atoms with E-state index in [1.165, 1.54) is 0 Å². The molecule has 0 aliphatic rings. The molecule has 1 aromatic rings. The molecular weight excluding hydrogens is 228 g/mol. The predicted molar refractivity (Wildman–Crippen MR) is 61.4 cm³/mol. The van der Waals surface area contributed by atoms with Crippen molar-refractivity contribution < 1.29 is 13.5 Å². The Balaban J connectivity index is 2.49. The van der Waals surface area contributed by atoms with Gasteiger partial charge < -0.3 is 5.11 Å². The molecule has 5 nitrogen and oxygen atoms in total. The van der Waals surface area contributed by atoms with E-state index in [4.69, 9.17) is 5.11 Å². The van der Waals surface area contributed by atoms with E-state index < -0.39 is 16.1 Å². The first-order valence-corrected chi connectivity index (χ1v) is 6.68. The highest BCUT2D eigenvalue weighted by Crippen LogP contribution is 2.00. The zero-order valence-electron chi connectivity index (χ0n) is 9.13. The molecule has 1 aromatic heterocycles. The average molecular weight is 244 g/mol. The lowest BCUT2D eigenvalue weighted by molar-refractivity contribution is 0.265. The first-order chi connectivity index (χ1) is 7.53. The standard InChI is InChI=1S/C10H16N2O3S/c1-9(8-13)12-16(14,15)7-4-10-2-5-11-6-3-10/h2-3,5-6,9,12-13H,4,7-8H2,1H3/t9-/m1/s1. The molecule has 0 radical (unpaired) electrons. The molecule has 0 saturated carbocycles. The SMILES string of the molecule is C[C@H](CO)NS(=O)(=O)CCc1ccncc1. The number of aliphatic hydroxyl groups is 1. The number of hydrogen-bond acceptors (Lipinski definition) is 4. The number of nitrogens with one attached hydrogen (secondary N) is 1. The number of aryl methyl sites for hydroxylation is 1. The van der Waals surface area contributed by atoms with Gasteiger partial charge in [-0.15, -0.1) is 0 Å². The molecular formula is C10H16N2O3S. The van der Waals surface area contributed by atoms with Crippen LogP contribution in [0.2, 0.25) is 0 Å². The Morgan fingerprint density at radius 1 is 1.44 bits per heavy atom. The fraction of sp³-hybridized carbons (Fsp3) is 0.500. The van der Waals surface area contributed by atoms with Crippen molar-refractivity contribution >= 4 is 10.0 Å². The zero-order chi connectivity index (χ0) is 12.0. The van der Waals surface area contributed by atoms with E-state index in [1.54, 1.807) is 31.5 Å². The average Bonchev–Trinajstić information content (AvgIpc) is 2.27. The van der Waals surface area contributed by atoms with Crippen LogP contribution in [0.4, 0.5) is 0 Å². The summed E-state index contributed by atoms with van der Waals surface area (Å²) in [5.74, 6) is 0.0152. The summed E-state index contributed by atoms with van der Waals surface area (Å²) < 4.78 is 25.5. The van der Waals surface area contributed by atoms with Crippen molar-refractivity contribution in [1.82, 2.24) is 9.71 Å². The molecule has 0 fully saturated rings. The van der Waals surface area contributed by atoms with Crippen LogP contribution in [0.3, 0.4) is 0 Å². The molecule has 0 unspecified atom stereocenters. The Morgan fingerprint density at radius 2 is 2.06 bits per heavy atom. The van der Waals surface area contributed by atoms with Crippen molar-refractivity contribution in [3.05, 3.63) is 30.1 Å². The smallest absolute Gasteiger partial charge is 0.212 e. The van der Waals surface area contributed by atoms with E-state index in [9.17, 15) is 8.42 Å². The van der Waals surface area contributed by atoms with Crippen LogP contribution >= 0.6 is 0 Å². The Morgan fingerprint density at radius 3 is 2.62 bits per heavy atom. The Kier molecular flexibility index (Phi) is 4.85. The maximum absolute atomic E-state index is 11.5. The Labute approximate surface area is 95.6 Å². The fourth-order valence-electron chi connectivity index (χ4n) is 1.20. The van der Waals surface area contributed by atoms with Crippen LogP contribution in [0.25, 0.3) is 0 Å². The number of pyridine rings is 1. The molecule has 2 N–H and O–H groups in total. The highest BCUT2D eigenvalue weighted by Gasteiger charge is 2.13. The Hall–Kier alpha value is -0.980. The van der Waals surface area contributed by atoms with Gasteiger partial charge in [-0.3, -0.25) is 4.98 Å². The molecule has 90 valence electrons. The second-order valence-electron chi connectivity index (χ2n) is 3.63. The predicted octanol–water partition coefficient (Wildman–Crippen LogP) is -0.0757. The van der Waals surface area contributed by atoms with Crippen LogP contribution in [0, 0.1) is 0 Å². The molecule has 0 spiro atoms. The van der Waals surface area contributed by atoms with Crippen molar-refractivity contribution in [2.75, 3.05) is 12.4 Å². The molecule has 1 rings (SSSR count). The lowest BCUT2D eigenvalue weighted by Crippen LogP contribution is -2.37. The van der Waals surface area contributed by atoms with E-state index in [1.807, 2.05) is 0 Å². The maximum atomic E-state index is 11.5. The summed E-state index contributed by atoms with van der Waals surface area (Å²) in [5, 5.41) is 8.75. The molecule has 0 aromatic carbocycles. The van der Waals surface area contributed by atoms with Crippen LogP contribution < -0.4 is 4.72 Å². The number of aromatic nitrogens is 1. The minimum Gasteiger partial charge on any atom is -0.395 e. The number of sulfonamides is 1. The lowest BCUT2D eigenvalue weighted by Gasteiger charge is -2.11. The topological polar surface area (TPSA) is 79.3 Å². The normalized spacial score (nSPS) is 13.6. The first kappa shape index (κ1) is 13.1. The molecule has 6 heteroatoms. The van der Waals surface area contributed by atoms with Gasteiger partial charge >= 0.3 is 0 Å². The fourth-order valence-corrected chi connectivity index (χ4v) is 2.51. The summed E-state index contributed by atoms with van der Waals surface area (Å²) in [7, 11) is -3.32. The van der Waals surface area contributed by atoms with Crippen LogP contribution in [0.1, 0.15) is 12.5 Å². The van der Waals surface area contributed by atoms with Gasteiger partial charge in [-0.25, -0.2) is 13.1 Å². The third-order valence-corrected chi connectivity index (χ3v) is 3.57. The van der Waals surface area contributed by atoms with Crippen molar-refractivity contribution in [1.29, 1.82) is 0 Å². The summed E-state index contributed by atoms with van der Waals surface area (Å²) in [6, 6.07) is 3.12. The highest BCUT2D eigenvalue weighted by molar-refractivity contribution is 7.89. The van der Waals surface area contributed by atoms with Gasteiger partial charge in [-0.1, -0.05) is 0 Å². The molecule has 1 heterocycles. The van der Waals surface area contributed by atoms with E-state index in [2.05, 4.69) is 9.71 Å². The first-order valence-electron chi connectivity index (χ1n) is 5.03. The van der Waals surface area contributed by atoms with Gasteiger partial charge in [0.1, 0.15) is 0 Å². The largest absolute Gasteiger partial charge is 0.395 e. The van der Waals surface area contributed by atoms with E-state index in [0.29, 0.717) is 6.42 Å². The van der Waals surface area contributed by atoms with E-state index in [-0.39, 0.29) is 12.4 Å². The van der Waals surface area contributed by atoms with Crippen molar-refractivity contribution in [2.45, 2.75) is 19.4 Å². The van der Waals surface area contributed by atoms with Crippen molar-refractivity contribution in [3.63, 3.8) is 0 Å². The Bertz CT molecular complexity index is 405. The molecule has 0 bridgehead atoms. The lowest BCUT2D eigenvalue weighted by atomic mass is 10.2. The molecule has 16 heavy (non-hydrogen) atoms. The zero-order valence-corrected chi connectivity index (χ0v) is 9.94. The van der Waals surface area contributed by atoms with Gasteiger partial charge in [-0.05, 0) is 31.0 Å². The van der Waals surface area contributed by atoms with Crippen molar-refractivity contribution in [2.24, 2.45) is 0 Å². The second kappa shape index (κ2) is 5.93. The summed E-state index contributed by atoms with van der Waals surface area (Å²) in [6.07, 6.45) is 3.70. The van der Waals surface area contributed by atoms with Gasteiger partial charge in [0.05, 0.1) is 12.4 Å². The molecule has 0 amide bonds. The van der Waals surface area contributed by atoms with Gasteiger partial charge in [0.2, 0.25) is 10.0 Å². The van der Waals surface area contributed by atoms with Gasteiger partial charge in [0.25, 0.3) is 0 Å². The van der Waals surface area contributed by atoms with Crippen LogP contribution in [-0.2, 0) is 16.4 Å². The second-order valence-corrected chi connectivity index (χ2v) is 5.50. The van der Waals surface area contributed by atoms with E-state index in [0.717, 1.165) is 5.56 Å². The van der Waals surface area contributed by atoms with Crippen LogP contribution in [-0.4, -0.2) is 36.9 Å². The summed E-state index contributed by atoms with van der Waals surface area (Å²) in [4.78, 5) is 3.85. The van der Waals surface area contributed by atoms with Crippen molar-refractivity contribution in [3.8, 4) is 0 Å². The third kappa shape index (κ3) is 4.69. The van der Waals surface area contributed by atoms with E-state index >= 15 is 0 Å². The maximum Gasteiger partial charge on any atom is 0.212 e. The monoisotopic (exact) mass is 244 g/mol. The minimum atomic E-state index is -3.32. The van der Waals surface area contributed by atoms with Gasteiger partial charge in [0, 0.05) is 18.4 Å². The summed E-state index contributed by atoms with van der Waals surface area (Å²) in [6.45, 7) is 1.42. The molecule has 0 aliphatic heterocycles. The van der Waals surface area contributed by atoms with Gasteiger partial charge in [0.15, 0.2) is 0 Å². The number of nitrogens with zero attached hydrogens (tertiary/aromatic N) is 1. The summed E-state index contributed by atoms with van der Waals surface area (Å²) in [5.41, 5.74) is 0.928. The minimum absolute atomic E-state index is 0.0152.